The molecule has 6 heteroatoms. The minimum atomic E-state index is -0.524. The molecular weight excluding hydrogens is 303 g/mol. The van der Waals surface area contributed by atoms with E-state index in [4.69, 9.17) is 0 Å². The normalized spacial score (nSPS) is 18.6. The lowest BCUT2D eigenvalue weighted by atomic mass is 10.1. The molecule has 0 saturated carbocycles. The number of benzene rings is 1. The van der Waals surface area contributed by atoms with Crippen LogP contribution in [-0.2, 0) is 9.59 Å². The molecule has 2 amide bonds. The van der Waals surface area contributed by atoms with Crippen molar-refractivity contribution in [2.75, 3.05) is 5.32 Å². The lowest BCUT2D eigenvalue weighted by molar-refractivity contribution is -0.122. The van der Waals surface area contributed by atoms with Gasteiger partial charge < -0.3 is 10.6 Å². The fraction of sp³-hybridized carbons (Fsp3) is 0.333. The average Bonchev–Trinajstić information content (AvgIpc) is 2.73. The van der Waals surface area contributed by atoms with Gasteiger partial charge in [0.15, 0.2) is 0 Å². The van der Waals surface area contributed by atoms with E-state index in [0.717, 1.165) is 5.56 Å². The van der Waals surface area contributed by atoms with Crippen LogP contribution in [0.3, 0.4) is 0 Å². The number of aryl methyl sites for hydroxylation is 1. The molecule has 96 valence electrons. The van der Waals surface area contributed by atoms with Crippen molar-refractivity contribution in [3.63, 3.8) is 0 Å². The predicted octanol–water partition coefficient (Wildman–Crippen LogP) is 2.11. The average molecular weight is 315 g/mol. The fourth-order valence-corrected chi connectivity index (χ4v) is 2.27. The first kappa shape index (κ1) is 13.0. The maximum Gasteiger partial charge on any atom is 0.246 e. The highest BCUT2D eigenvalue weighted by molar-refractivity contribution is 9.10. The van der Waals surface area contributed by atoms with Crippen molar-refractivity contribution in [1.29, 1.82) is 0 Å². The van der Waals surface area contributed by atoms with Gasteiger partial charge in [-0.1, -0.05) is 0 Å². The van der Waals surface area contributed by atoms with Gasteiger partial charge in [-0.2, -0.15) is 0 Å². The number of amides is 2. The quantitative estimate of drug-likeness (QED) is 0.878. The van der Waals surface area contributed by atoms with Crippen molar-refractivity contribution < 1.29 is 14.0 Å². The minimum absolute atomic E-state index is 0.131. The van der Waals surface area contributed by atoms with Crippen LogP contribution in [0.4, 0.5) is 10.1 Å². The van der Waals surface area contributed by atoms with E-state index in [1.165, 1.54) is 6.07 Å². The molecule has 0 aliphatic carbocycles. The SMILES string of the molecule is Cc1cc(Br)c(F)cc1NC(=O)C1CCC(=O)N1. The molecule has 1 fully saturated rings. The largest absolute Gasteiger partial charge is 0.344 e. The molecule has 0 bridgehead atoms. The molecule has 2 rings (SSSR count). The molecule has 1 saturated heterocycles. The zero-order valence-corrected chi connectivity index (χ0v) is 11.3. The highest BCUT2D eigenvalue weighted by atomic mass is 79.9. The lowest BCUT2D eigenvalue weighted by Crippen LogP contribution is -2.37. The second kappa shape index (κ2) is 5.06. The van der Waals surface area contributed by atoms with E-state index in [9.17, 15) is 14.0 Å². The molecule has 1 heterocycles. The maximum absolute atomic E-state index is 13.4. The summed E-state index contributed by atoms with van der Waals surface area (Å²) in [4.78, 5) is 22.9. The van der Waals surface area contributed by atoms with Gasteiger partial charge in [-0.25, -0.2) is 4.39 Å². The molecule has 1 aliphatic heterocycles. The molecule has 1 aromatic carbocycles. The Kier molecular flexibility index (Phi) is 3.65. The first-order chi connectivity index (χ1) is 8.47. The van der Waals surface area contributed by atoms with E-state index >= 15 is 0 Å². The van der Waals surface area contributed by atoms with Crippen molar-refractivity contribution in [2.45, 2.75) is 25.8 Å². The van der Waals surface area contributed by atoms with Crippen molar-refractivity contribution in [1.82, 2.24) is 5.32 Å². The standard InChI is InChI=1S/C12H12BrFN2O2/c1-6-4-7(13)8(14)5-10(6)16-12(18)9-2-3-11(17)15-9/h4-5,9H,2-3H2,1H3,(H,15,17)(H,16,18). The van der Waals surface area contributed by atoms with E-state index < -0.39 is 11.9 Å². The zero-order chi connectivity index (χ0) is 13.3. The van der Waals surface area contributed by atoms with Crippen LogP contribution in [0.1, 0.15) is 18.4 Å². The summed E-state index contributed by atoms with van der Waals surface area (Å²) in [6, 6.07) is 2.33. The third-order valence-corrected chi connectivity index (χ3v) is 3.44. The van der Waals surface area contributed by atoms with Gasteiger partial charge in [0.1, 0.15) is 11.9 Å². The molecular formula is C12H12BrFN2O2. The Bertz CT molecular complexity index is 519. The molecule has 0 spiro atoms. The first-order valence-corrected chi connectivity index (χ1v) is 6.32. The van der Waals surface area contributed by atoms with Crippen LogP contribution in [0.2, 0.25) is 0 Å². The minimum Gasteiger partial charge on any atom is -0.344 e. The van der Waals surface area contributed by atoms with Gasteiger partial charge in [-0.15, -0.1) is 0 Å². The number of hydrogen-bond acceptors (Lipinski definition) is 2. The summed E-state index contributed by atoms with van der Waals surface area (Å²) in [5.74, 6) is -0.883. The summed E-state index contributed by atoms with van der Waals surface area (Å²) in [5.41, 5.74) is 1.17. The smallest absolute Gasteiger partial charge is 0.246 e. The third kappa shape index (κ3) is 2.69. The zero-order valence-electron chi connectivity index (χ0n) is 9.72. The summed E-state index contributed by atoms with van der Waals surface area (Å²) < 4.78 is 13.7. The first-order valence-electron chi connectivity index (χ1n) is 5.53. The molecule has 0 radical (unpaired) electrons. The van der Waals surface area contributed by atoms with Crippen molar-refractivity contribution >= 4 is 33.4 Å². The number of halogens is 2. The van der Waals surface area contributed by atoms with Crippen LogP contribution in [0.5, 0.6) is 0 Å². The molecule has 1 aliphatic rings. The van der Waals surface area contributed by atoms with E-state index in [-0.39, 0.29) is 11.8 Å². The van der Waals surface area contributed by atoms with Crippen LogP contribution in [0.15, 0.2) is 16.6 Å². The predicted molar refractivity (Wildman–Crippen MR) is 68.6 cm³/mol. The van der Waals surface area contributed by atoms with Crippen molar-refractivity contribution in [3.05, 3.63) is 28.0 Å². The van der Waals surface area contributed by atoms with Gasteiger partial charge in [0.05, 0.1) is 4.47 Å². The molecule has 1 aromatic rings. The van der Waals surface area contributed by atoms with Crippen molar-refractivity contribution in [3.8, 4) is 0 Å². The lowest BCUT2D eigenvalue weighted by Gasteiger charge is -2.13. The Morgan fingerprint density at radius 2 is 2.28 bits per heavy atom. The van der Waals surface area contributed by atoms with E-state index in [0.29, 0.717) is 23.0 Å². The Balaban J connectivity index is 2.12. The second-order valence-electron chi connectivity index (χ2n) is 4.23. The summed E-state index contributed by atoms with van der Waals surface area (Å²) in [5, 5.41) is 5.19. The Labute approximate surface area is 112 Å². The number of rotatable bonds is 2. The van der Waals surface area contributed by atoms with Crippen LogP contribution < -0.4 is 10.6 Å². The number of nitrogens with one attached hydrogen (secondary N) is 2. The summed E-state index contributed by atoms with van der Waals surface area (Å²) in [6.45, 7) is 1.77. The van der Waals surface area contributed by atoms with Gasteiger partial charge in [-0.05, 0) is 47.0 Å². The topological polar surface area (TPSA) is 58.2 Å². The second-order valence-corrected chi connectivity index (χ2v) is 5.08. The molecule has 1 unspecified atom stereocenters. The summed E-state index contributed by atoms with van der Waals surface area (Å²) >= 11 is 3.08. The highest BCUT2D eigenvalue weighted by Crippen LogP contribution is 2.24. The van der Waals surface area contributed by atoms with E-state index in [2.05, 4.69) is 26.6 Å². The summed E-state index contributed by atoms with van der Waals surface area (Å²) in [6.07, 6.45) is 0.828. The van der Waals surface area contributed by atoms with Gasteiger partial charge in [0, 0.05) is 12.1 Å². The van der Waals surface area contributed by atoms with Gasteiger partial charge in [0.25, 0.3) is 0 Å². The Hall–Kier alpha value is -1.43. The number of anilines is 1. The van der Waals surface area contributed by atoms with E-state index in [1.54, 1.807) is 13.0 Å². The Morgan fingerprint density at radius 1 is 1.56 bits per heavy atom. The number of carbonyl (C=O) groups excluding carboxylic acids is 2. The Morgan fingerprint density at radius 3 is 2.89 bits per heavy atom. The molecule has 2 N–H and O–H groups in total. The van der Waals surface area contributed by atoms with Crippen molar-refractivity contribution in [2.24, 2.45) is 0 Å². The number of carbonyl (C=O) groups is 2. The molecule has 18 heavy (non-hydrogen) atoms. The summed E-state index contributed by atoms with van der Waals surface area (Å²) in [7, 11) is 0. The van der Waals surface area contributed by atoms with E-state index in [1.807, 2.05) is 0 Å². The van der Waals surface area contributed by atoms with Gasteiger partial charge >= 0.3 is 0 Å². The van der Waals surface area contributed by atoms with Crippen LogP contribution >= 0.6 is 15.9 Å². The highest BCUT2D eigenvalue weighted by Gasteiger charge is 2.27. The maximum atomic E-state index is 13.4. The van der Waals surface area contributed by atoms with Gasteiger partial charge in [0.2, 0.25) is 11.8 Å². The van der Waals surface area contributed by atoms with Crippen LogP contribution in [-0.4, -0.2) is 17.9 Å². The van der Waals surface area contributed by atoms with Crippen LogP contribution in [0, 0.1) is 12.7 Å². The molecule has 0 aromatic heterocycles. The third-order valence-electron chi connectivity index (χ3n) is 2.84. The van der Waals surface area contributed by atoms with Crippen LogP contribution in [0.25, 0.3) is 0 Å². The molecule has 4 nitrogen and oxygen atoms in total. The molecule has 1 atom stereocenters. The fourth-order valence-electron chi connectivity index (χ4n) is 1.81. The monoisotopic (exact) mass is 314 g/mol. The number of hydrogen-bond donors (Lipinski definition) is 2. The van der Waals surface area contributed by atoms with Gasteiger partial charge in [-0.3, -0.25) is 9.59 Å².